The minimum atomic E-state index is -0.482. The molecule has 1 saturated heterocycles. The molecule has 1 aliphatic heterocycles. The second-order valence-corrected chi connectivity index (χ2v) is 6.26. The Balaban J connectivity index is 1.82. The highest BCUT2D eigenvalue weighted by molar-refractivity contribution is 6.04. The van der Waals surface area contributed by atoms with Crippen molar-refractivity contribution >= 4 is 11.9 Å². The molecular formula is C17H19FN4O2. The zero-order chi connectivity index (χ0) is 17.4. The predicted octanol–water partition coefficient (Wildman–Crippen LogP) is 2.40. The summed E-state index contributed by atoms with van der Waals surface area (Å²) in [6.45, 7) is 5.77. The quantitative estimate of drug-likeness (QED) is 0.875. The maximum absolute atomic E-state index is 13.0. The molecule has 1 unspecified atom stereocenters. The first kappa shape index (κ1) is 16.2. The summed E-state index contributed by atoms with van der Waals surface area (Å²) in [5.74, 6) is -0.500. The minimum Gasteiger partial charge on any atom is -0.326 e. The van der Waals surface area contributed by atoms with Crippen LogP contribution >= 0.6 is 0 Å². The molecule has 1 aliphatic rings. The van der Waals surface area contributed by atoms with Crippen LogP contribution in [0.1, 0.15) is 25.1 Å². The Kier molecular flexibility index (Phi) is 4.09. The fraction of sp³-hybridized carbons (Fsp3) is 0.353. The summed E-state index contributed by atoms with van der Waals surface area (Å²) in [6, 6.07) is 5.09. The van der Waals surface area contributed by atoms with Crippen LogP contribution in [0.4, 0.5) is 9.18 Å². The lowest BCUT2D eigenvalue weighted by Gasteiger charge is -2.13. The third-order valence-corrected chi connectivity index (χ3v) is 4.14. The van der Waals surface area contributed by atoms with Crippen LogP contribution in [0.5, 0.6) is 0 Å². The Morgan fingerprint density at radius 2 is 1.92 bits per heavy atom. The molecule has 1 aromatic heterocycles. The fourth-order valence-corrected chi connectivity index (χ4v) is 2.69. The van der Waals surface area contributed by atoms with Crippen molar-refractivity contribution in [2.24, 2.45) is 5.92 Å². The van der Waals surface area contributed by atoms with Gasteiger partial charge in [-0.1, -0.05) is 13.8 Å². The lowest BCUT2D eigenvalue weighted by molar-refractivity contribution is -0.128. The number of benzene rings is 1. The molecule has 3 amide bonds. The highest BCUT2D eigenvalue weighted by Crippen LogP contribution is 2.19. The number of carbonyl (C=O) groups is 2. The maximum atomic E-state index is 13.0. The SMILES string of the molecule is Cc1nn(-c2ccc(F)cc2)cc1CN1C(=O)NC(C(C)C)C1=O. The first-order valence-electron chi connectivity index (χ1n) is 7.80. The first-order valence-corrected chi connectivity index (χ1v) is 7.80. The lowest BCUT2D eigenvalue weighted by atomic mass is 10.0. The van der Waals surface area contributed by atoms with Crippen LogP contribution in [0.15, 0.2) is 30.5 Å². The van der Waals surface area contributed by atoms with Crippen molar-refractivity contribution in [2.45, 2.75) is 33.4 Å². The molecule has 3 rings (SSSR count). The van der Waals surface area contributed by atoms with Crippen molar-refractivity contribution in [2.75, 3.05) is 0 Å². The fourth-order valence-electron chi connectivity index (χ4n) is 2.69. The summed E-state index contributed by atoms with van der Waals surface area (Å²) in [5, 5.41) is 7.09. The number of imide groups is 1. The van der Waals surface area contributed by atoms with Crippen LogP contribution in [-0.2, 0) is 11.3 Å². The van der Waals surface area contributed by atoms with Gasteiger partial charge in [-0.25, -0.2) is 13.9 Å². The molecule has 6 nitrogen and oxygen atoms in total. The number of halogens is 1. The normalized spacial score (nSPS) is 17.7. The largest absolute Gasteiger partial charge is 0.326 e. The third kappa shape index (κ3) is 2.89. The number of aryl methyl sites for hydroxylation is 1. The molecule has 2 heterocycles. The summed E-state index contributed by atoms with van der Waals surface area (Å²) >= 11 is 0. The highest BCUT2D eigenvalue weighted by Gasteiger charge is 2.39. The van der Waals surface area contributed by atoms with E-state index in [4.69, 9.17) is 0 Å². The van der Waals surface area contributed by atoms with Crippen LogP contribution < -0.4 is 5.32 Å². The van der Waals surface area contributed by atoms with Gasteiger partial charge in [0.2, 0.25) is 0 Å². The summed E-state index contributed by atoms with van der Waals surface area (Å²) < 4.78 is 14.6. The van der Waals surface area contributed by atoms with E-state index in [1.165, 1.54) is 17.0 Å². The van der Waals surface area contributed by atoms with E-state index in [2.05, 4.69) is 10.4 Å². The molecule has 0 radical (unpaired) electrons. The zero-order valence-corrected chi connectivity index (χ0v) is 13.8. The molecule has 1 fully saturated rings. The second-order valence-electron chi connectivity index (χ2n) is 6.26. The first-order chi connectivity index (χ1) is 11.4. The number of aromatic nitrogens is 2. The van der Waals surface area contributed by atoms with Crippen LogP contribution in [0.2, 0.25) is 0 Å². The molecular weight excluding hydrogens is 311 g/mol. The van der Waals surface area contributed by atoms with Crippen LogP contribution in [0.25, 0.3) is 5.69 Å². The summed E-state index contributed by atoms with van der Waals surface area (Å²) in [6.07, 6.45) is 1.76. The lowest BCUT2D eigenvalue weighted by Crippen LogP contribution is -2.34. The molecule has 0 aliphatic carbocycles. The molecule has 2 aromatic rings. The third-order valence-electron chi connectivity index (χ3n) is 4.14. The van der Waals surface area contributed by atoms with Crippen molar-refractivity contribution in [3.8, 4) is 5.69 Å². The number of nitrogens with one attached hydrogen (secondary N) is 1. The molecule has 0 bridgehead atoms. The molecule has 24 heavy (non-hydrogen) atoms. The number of hydrogen-bond acceptors (Lipinski definition) is 3. The van der Waals surface area contributed by atoms with E-state index < -0.39 is 6.04 Å². The van der Waals surface area contributed by atoms with E-state index in [-0.39, 0.29) is 30.2 Å². The summed E-state index contributed by atoms with van der Waals surface area (Å²) in [7, 11) is 0. The van der Waals surface area contributed by atoms with E-state index in [0.717, 1.165) is 5.56 Å². The zero-order valence-electron chi connectivity index (χ0n) is 13.8. The molecule has 0 spiro atoms. The average molecular weight is 330 g/mol. The summed E-state index contributed by atoms with van der Waals surface area (Å²) in [4.78, 5) is 25.6. The molecule has 7 heteroatoms. The van der Waals surface area contributed by atoms with Crippen molar-refractivity contribution < 1.29 is 14.0 Å². The Morgan fingerprint density at radius 3 is 2.50 bits per heavy atom. The van der Waals surface area contributed by atoms with E-state index >= 15 is 0 Å². The van der Waals surface area contributed by atoms with Gasteiger partial charge in [0.05, 0.1) is 17.9 Å². The highest BCUT2D eigenvalue weighted by atomic mass is 19.1. The Labute approximate surface area is 139 Å². The van der Waals surface area contributed by atoms with Gasteiger partial charge in [-0.2, -0.15) is 5.10 Å². The smallest absolute Gasteiger partial charge is 0.325 e. The van der Waals surface area contributed by atoms with Crippen LogP contribution in [0.3, 0.4) is 0 Å². The molecule has 1 aromatic carbocycles. The van der Waals surface area contributed by atoms with Gasteiger partial charge in [-0.05, 0) is 37.1 Å². The molecule has 1 atom stereocenters. The van der Waals surface area contributed by atoms with Crippen molar-refractivity contribution in [1.82, 2.24) is 20.0 Å². The Hall–Kier alpha value is -2.70. The predicted molar refractivity (Wildman–Crippen MR) is 86.0 cm³/mol. The van der Waals surface area contributed by atoms with Crippen molar-refractivity contribution in [3.63, 3.8) is 0 Å². The van der Waals surface area contributed by atoms with Gasteiger partial charge in [0, 0.05) is 11.8 Å². The van der Waals surface area contributed by atoms with Gasteiger partial charge in [0.15, 0.2) is 0 Å². The number of amides is 3. The van der Waals surface area contributed by atoms with E-state index in [1.807, 2.05) is 20.8 Å². The average Bonchev–Trinajstić information content (AvgIpc) is 3.03. The van der Waals surface area contributed by atoms with Gasteiger partial charge in [0.1, 0.15) is 11.9 Å². The molecule has 126 valence electrons. The van der Waals surface area contributed by atoms with Gasteiger partial charge in [-0.15, -0.1) is 0 Å². The van der Waals surface area contributed by atoms with Crippen molar-refractivity contribution in [3.05, 3.63) is 47.5 Å². The van der Waals surface area contributed by atoms with E-state index in [1.54, 1.807) is 23.0 Å². The topological polar surface area (TPSA) is 67.2 Å². The maximum Gasteiger partial charge on any atom is 0.325 e. The number of rotatable bonds is 4. The summed E-state index contributed by atoms with van der Waals surface area (Å²) in [5.41, 5.74) is 2.20. The van der Waals surface area contributed by atoms with Crippen molar-refractivity contribution in [1.29, 1.82) is 0 Å². The van der Waals surface area contributed by atoms with Gasteiger partial charge in [0.25, 0.3) is 5.91 Å². The number of hydrogen-bond donors (Lipinski definition) is 1. The second kappa shape index (κ2) is 6.07. The molecule has 1 N–H and O–H groups in total. The van der Waals surface area contributed by atoms with Gasteiger partial charge < -0.3 is 5.32 Å². The number of urea groups is 1. The molecule has 0 saturated carbocycles. The van der Waals surface area contributed by atoms with Crippen LogP contribution in [-0.4, -0.2) is 32.7 Å². The number of carbonyl (C=O) groups excluding carboxylic acids is 2. The Bertz CT molecular complexity index is 782. The van der Waals surface area contributed by atoms with Gasteiger partial charge in [-0.3, -0.25) is 9.69 Å². The van der Waals surface area contributed by atoms with E-state index in [9.17, 15) is 14.0 Å². The number of nitrogens with zero attached hydrogens (tertiary/aromatic N) is 3. The Morgan fingerprint density at radius 1 is 1.25 bits per heavy atom. The monoisotopic (exact) mass is 330 g/mol. The van der Waals surface area contributed by atoms with Gasteiger partial charge >= 0.3 is 6.03 Å². The standard InChI is InChI=1S/C17H19FN4O2/c1-10(2)15-16(23)21(17(24)19-15)8-12-9-22(20-11(12)3)14-6-4-13(18)5-7-14/h4-7,9-10,15H,8H2,1-3H3,(H,19,24). The van der Waals surface area contributed by atoms with E-state index in [0.29, 0.717) is 11.4 Å². The minimum absolute atomic E-state index is 0.0366. The van der Waals surface area contributed by atoms with Crippen LogP contribution in [0, 0.1) is 18.7 Å².